The third-order valence-corrected chi connectivity index (χ3v) is 2.88. The molecule has 19 heavy (non-hydrogen) atoms. The van der Waals surface area contributed by atoms with E-state index < -0.39 is 6.04 Å². The molecular formula is C14H17N3O2. The highest BCUT2D eigenvalue weighted by atomic mass is 16.5. The van der Waals surface area contributed by atoms with Crippen LogP contribution < -0.4 is 5.32 Å². The normalized spacial score (nSPS) is 11.9. The number of aromatic nitrogens is 2. The molecule has 1 unspecified atom stereocenters. The van der Waals surface area contributed by atoms with E-state index in [9.17, 15) is 4.79 Å². The molecular weight excluding hydrogens is 242 g/mol. The number of rotatable bonds is 4. The minimum Gasteiger partial charge on any atom is -0.467 e. The number of carbonyl (C=O) groups excluding carboxylic acids is 1. The molecule has 0 fully saturated rings. The molecule has 0 spiro atoms. The number of hydrogen-bond donors (Lipinski definition) is 1. The van der Waals surface area contributed by atoms with Crippen molar-refractivity contribution in [3.63, 3.8) is 0 Å². The number of aryl methyl sites for hydroxylation is 2. The first-order valence-electron chi connectivity index (χ1n) is 6.01. The third-order valence-electron chi connectivity index (χ3n) is 2.88. The van der Waals surface area contributed by atoms with Gasteiger partial charge in [-0.25, -0.2) is 4.79 Å². The molecule has 5 nitrogen and oxygen atoms in total. The van der Waals surface area contributed by atoms with Crippen molar-refractivity contribution in [2.45, 2.75) is 13.0 Å². The SMILES string of the molecule is COC(=O)C(Nc1ccccc1)c1cn(C)nc1C. The van der Waals surface area contributed by atoms with Crippen molar-refractivity contribution in [3.8, 4) is 0 Å². The van der Waals surface area contributed by atoms with Gasteiger partial charge in [-0.1, -0.05) is 18.2 Å². The van der Waals surface area contributed by atoms with Gasteiger partial charge in [0.1, 0.15) is 0 Å². The third kappa shape index (κ3) is 2.93. The standard InChI is InChI=1S/C14H17N3O2/c1-10-12(9-17(2)16-10)13(14(18)19-3)15-11-7-5-4-6-8-11/h4-9,13,15H,1-3H3. The Balaban J connectivity index is 2.32. The average molecular weight is 259 g/mol. The summed E-state index contributed by atoms with van der Waals surface area (Å²) < 4.78 is 6.55. The largest absolute Gasteiger partial charge is 0.467 e. The maximum absolute atomic E-state index is 12.0. The Kier molecular flexibility index (Phi) is 3.85. The molecule has 2 aromatic rings. The second-order valence-electron chi connectivity index (χ2n) is 4.31. The summed E-state index contributed by atoms with van der Waals surface area (Å²) >= 11 is 0. The average Bonchev–Trinajstić information content (AvgIpc) is 2.75. The van der Waals surface area contributed by atoms with Gasteiger partial charge in [0.25, 0.3) is 0 Å². The molecule has 0 bridgehead atoms. The molecule has 1 heterocycles. The Bertz CT molecular complexity index is 563. The Morgan fingerprint density at radius 3 is 2.58 bits per heavy atom. The minimum atomic E-state index is -0.555. The lowest BCUT2D eigenvalue weighted by atomic mass is 10.1. The van der Waals surface area contributed by atoms with E-state index in [0.717, 1.165) is 16.9 Å². The summed E-state index contributed by atoms with van der Waals surface area (Å²) in [6.07, 6.45) is 1.83. The van der Waals surface area contributed by atoms with Gasteiger partial charge >= 0.3 is 5.97 Å². The van der Waals surface area contributed by atoms with Crippen molar-refractivity contribution in [1.29, 1.82) is 0 Å². The highest BCUT2D eigenvalue weighted by Crippen LogP contribution is 2.22. The van der Waals surface area contributed by atoms with E-state index in [2.05, 4.69) is 10.4 Å². The molecule has 1 N–H and O–H groups in total. The molecule has 0 aliphatic rings. The summed E-state index contributed by atoms with van der Waals surface area (Å²) in [4.78, 5) is 12.0. The van der Waals surface area contributed by atoms with Gasteiger partial charge < -0.3 is 10.1 Å². The van der Waals surface area contributed by atoms with Crippen LogP contribution in [0.3, 0.4) is 0 Å². The minimum absolute atomic E-state index is 0.333. The van der Waals surface area contributed by atoms with Gasteiger partial charge in [0.15, 0.2) is 6.04 Å². The van der Waals surface area contributed by atoms with E-state index in [1.807, 2.05) is 50.5 Å². The van der Waals surface area contributed by atoms with Gasteiger partial charge in [0.05, 0.1) is 12.8 Å². The van der Waals surface area contributed by atoms with Crippen LogP contribution in [0, 0.1) is 6.92 Å². The monoisotopic (exact) mass is 259 g/mol. The topological polar surface area (TPSA) is 56.1 Å². The number of nitrogens with one attached hydrogen (secondary N) is 1. The number of ether oxygens (including phenoxy) is 1. The molecule has 0 amide bonds. The van der Waals surface area contributed by atoms with Crippen LogP contribution in [0.2, 0.25) is 0 Å². The van der Waals surface area contributed by atoms with Crippen LogP contribution >= 0.6 is 0 Å². The summed E-state index contributed by atoms with van der Waals surface area (Å²) in [5, 5.41) is 7.43. The van der Waals surface area contributed by atoms with Crippen molar-refractivity contribution in [2.24, 2.45) is 7.05 Å². The van der Waals surface area contributed by atoms with Crippen LogP contribution in [0.15, 0.2) is 36.5 Å². The van der Waals surface area contributed by atoms with Crippen LogP contribution in [0.1, 0.15) is 17.3 Å². The van der Waals surface area contributed by atoms with Crippen molar-refractivity contribution >= 4 is 11.7 Å². The van der Waals surface area contributed by atoms with Crippen LogP contribution in [-0.2, 0) is 16.6 Å². The lowest BCUT2D eigenvalue weighted by Crippen LogP contribution is -2.22. The smallest absolute Gasteiger partial charge is 0.333 e. The number of carbonyl (C=O) groups is 1. The van der Waals surface area contributed by atoms with E-state index in [4.69, 9.17) is 4.74 Å². The van der Waals surface area contributed by atoms with Crippen LogP contribution in [-0.4, -0.2) is 22.9 Å². The zero-order chi connectivity index (χ0) is 13.8. The van der Waals surface area contributed by atoms with Crippen molar-refractivity contribution in [2.75, 3.05) is 12.4 Å². The molecule has 2 rings (SSSR count). The summed E-state index contributed by atoms with van der Waals surface area (Å²) in [5.74, 6) is -0.333. The fraction of sp³-hybridized carbons (Fsp3) is 0.286. The highest BCUT2D eigenvalue weighted by molar-refractivity contribution is 5.81. The fourth-order valence-electron chi connectivity index (χ4n) is 1.98. The van der Waals surface area contributed by atoms with Gasteiger partial charge in [-0.2, -0.15) is 5.10 Å². The van der Waals surface area contributed by atoms with Crippen molar-refractivity contribution in [1.82, 2.24) is 9.78 Å². The lowest BCUT2D eigenvalue weighted by molar-refractivity contribution is -0.141. The molecule has 1 aromatic heterocycles. The molecule has 0 saturated heterocycles. The molecule has 100 valence electrons. The summed E-state index contributed by atoms with van der Waals surface area (Å²) in [7, 11) is 3.21. The maximum atomic E-state index is 12.0. The molecule has 0 saturated carbocycles. The van der Waals surface area contributed by atoms with Gasteiger partial charge in [-0.05, 0) is 19.1 Å². The summed E-state index contributed by atoms with van der Waals surface area (Å²) in [5.41, 5.74) is 2.49. The number of anilines is 1. The van der Waals surface area contributed by atoms with Gasteiger partial charge in [0, 0.05) is 24.5 Å². The van der Waals surface area contributed by atoms with Crippen LogP contribution in [0.4, 0.5) is 5.69 Å². The second kappa shape index (κ2) is 5.56. The summed E-state index contributed by atoms with van der Waals surface area (Å²) in [6, 6.07) is 9.00. The number of benzene rings is 1. The fourth-order valence-corrected chi connectivity index (χ4v) is 1.98. The zero-order valence-electron chi connectivity index (χ0n) is 11.3. The van der Waals surface area contributed by atoms with Crippen LogP contribution in [0.5, 0.6) is 0 Å². The molecule has 1 atom stereocenters. The number of methoxy groups -OCH3 is 1. The van der Waals surface area contributed by atoms with E-state index in [-0.39, 0.29) is 5.97 Å². The van der Waals surface area contributed by atoms with Crippen molar-refractivity contribution in [3.05, 3.63) is 47.8 Å². The number of para-hydroxylation sites is 1. The number of esters is 1. The molecule has 0 radical (unpaired) electrons. The van der Waals surface area contributed by atoms with E-state index in [1.54, 1.807) is 4.68 Å². The van der Waals surface area contributed by atoms with Gasteiger partial charge in [-0.15, -0.1) is 0 Å². The second-order valence-corrected chi connectivity index (χ2v) is 4.31. The Hall–Kier alpha value is -2.30. The molecule has 0 aliphatic carbocycles. The predicted octanol–water partition coefficient (Wildman–Crippen LogP) is 2.05. The lowest BCUT2D eigenvalue weighted by Gasteiger charge is -2.17. The first-order valence-corrected chi connectivity index (χ1v) is 6.01. The molecule has 0 aliphatic heterocycles. The summed E-state index contributed by atoms with van der Waals surface area (Å²) in [6.45, 7) is 1.87. The van der Waals surface area contributed by atoms with Crippen molar-refractivity contribution < 1.29 is 9.53 Å². The first-order chi connectivity index (χ1) is 9.11. The van der Waals surface area contributed by atoms with Gasteiger partial charge in [-0.3, -0.25) is 4.68 Å². The quantitative estimate of drug-likeness (QED) is 0.854. The Morgan fingerprint density at radius 1 is 1.37 bits per heavy atom. The number of hydrogen-bond acceptors (Lipinski definition) is 4. The predicted molar refractivity (Wildman–Crippen MR) is 72.8 cm³/mol. The first kappa shape index (κ1) is 13.1. The zero-order valence-corrected chi connectivity index (χ0v) is 11.3. The van der Waals surface area contributed by atoms with Crippen LogP contribution in [0.25, 0.3) is 0 Å². The maximum Gasteiger partial charge on any atom is 0.333 e. The molecule has 5 heteroatoms. The highest BCUT2D eigenvalue weighted by Gasteiger charge is 2.24. The molecule has 1 aromatic carbocycles. The van der Waals surface area contributed by atoms with Gasteiger partial charge in [0.2, 0.25) is 0 Å². The van der Waals surface area contributed by atoms with E-state index >= 15 is 0 Å². The van der Waals surface area contributed by atoms with E-state index in [0.29, 0.717) is 0 Å². The number of nitrogens with zero attached hydrogens (tertiary/aromatic N) is 2. The Morgan fingerprint density at radius 2 is 2.05 bits per heavy atom. The Labute approximate surface area is 112 Å². The van der Waals surface area contributed by atoms with E-state index in [1.165, 1.54) is 7.11 Å².